The zero-order valence-electron chi connectivity index (χ0n) is 12.3. The Kier molecular flexibility index (Phi) is 5.19. The molecule has 0 atom stereocenters. The topological polar surface area (TPSA) is 72.5 Å². The van der Waals surface area contributed by atoms with E-state index in [0.717, 1.165) is 6.26 Å². The number of hydrogen-bond acceptors (Lipinski definition) is 4. The molecular formula is C15H13Cl2NO4S. The number of anilines is 1. The molecule has 0 heterocycles. The van der Waals surface area contributed by atoms with Crippen molar-refractivity contribution >= 4 is 44.6 Å². The fourth-order valence-corrected chi connectivity index (χ4v) is 3.26. The van der Waals surface area contributed by atoms with Crippen LogP contribution < -0.4 is 10.1 Å². The first kappa shape index (κ1) is 17.6. The molecule has 2 aromatic carbocycles. The van der Waals surface area contributed by atoms with Crippen molar-refractivity contribution in [3.63, 3.8) is 0 Å². The highest BCUT2D eigenvalue weighted by atomic mass is 35.5. The molecule has 2 aromatic rings. The van der Waals surface area contributed by atoms with E-state index in [1.807, 2.05) is 0 Å². The van der Waals surface area contributed by atoms with Crippen molar-refractivity contribution in [2.45, 2.75) is 4.90 Å². The number of halogens is 2. The maximum absolute atomic E-state index is 12.3. The standard InChI is InChI=1S/C15H13Cl2NO4S/c1-22-12-7-6-9(8-13(12)23(2,20)21)15(19)18-14-10(16)4-3-5-11(14)17/h3-8H,1-2H3,(H,18,19). The van der Waals surface area contributed by atoms with E-state index in [2.05, 4.69) is 5.32 Å². The van der Waals surface area contributed by atoms with Crippen molar-refractivity contribution in [1.29, 1.82) is 0 Å². The van der Waals surface area contributed by atoms with Gasteiger partial charge in [0.25, 0.3) is 5.91 Å². The Morgan fingerprint density at radius 3 is 2.26 bits per heavy atom. The van der Waals surface area contributed by atoms with Crippen molar-refractivity contribution in [2.75, 3.05) is 18.7 Å². The highest BCUT2D eigenvalue weighted by molar-refractivity contribution is 7.90. The van der Waals surface area contributed by atoms with Gasteiger partial charge in [0, 0.05) is 11.8 Å². The van der Waals surface area contributed by atoms with Crippen molar-refractivity contribution < 1.29 is 17.9 Å². The molecule has 0 saturated heterocycles. The van der Waals surface area contributed by atoms with E-state index in [1.165, 1.54) is 25.3 Å². The van der Waals surface area contributed by atoms with E-state index in [0.29, 0.717) is 0 Å². The summed E-state index contributed by atoms with van der Waals surface area (Å²) in [6.07, 6.45) is 1.04. The molecular weight excluding hydrogens is 361 g/mol. The normalized spacial score (nSPS) is 11.1. The quantitative estimate of drug-likeness (QED) is 0.887. The third-order valence-electron chi connectivity index (χ3n) is 3.03. The zero-order valence-corrected chi connectivity index (χ0v) is 14.6. The maximum atomic E-state index is 12.3. The molecule has 0 unspecified atom stereocenters. The van der Waals surface area contributed by atoms with Crippen molar-refractivity contribution in [1.82, 2.24) is 0 Å². The van der Waals surface area contributed by atoms with E-state index in [-0.39, 0.29) is 31.9 Å². The molecule has 5 nitrogen and oxygen atoms in total. The second kappa shape index (κ2) is 6.78. The lowest BCUT2D eigenvalue weighted by atomic mass is 10.2. The summed E-state index contributed by atoms with van der Waals surface area (Å²) in [5.74, 6) is -0.368. The Morgan fingerprint density at radius 2 is 1.74 bits per heavy atom. The summed E-state index contributed by atoms with van der Waals surface area (Å²) in [5.41, 5.74) is 0.403. The molecule has 0 aliphatic rings. The second-order valence-electron chi connectivity index (χ2n) is 4.69. The minimum atomic E-state index is -3.55. The van der Waals surface area contributed by atoms with Gasteiger partial charge in [0.15, 0.2) is 9.84 Å². The van der Waals surface area contributed by atoms with Gasteiger partial charge < -0.3 is 10.1 Å². The summed E-state index contributed by atoms with van der Waals surface area (Å²) in [5, 5.41) is 3.13. The monoisotopic (exact) mass is 373 g/mol. The highest BCUT2D eigenvalue weighted by Gasteiger charge is 2.18. The van der Waals surface area contributed by atoms with E-state index >= 15 is 0 Å². The SMILES string of the molecule is COc1ccc(C(=O)Nc2c(Cl)cccc2Cl)cc1S(C)(=O)=O. The van der Waals surface area contributed by atoms with Crippen LogP contribution in [0.25, 0.3) is 0 Å². The number of methoxy groups -OCH3 is 1. The number of para-hydroxylation sites is 1. The number of carbonyl (C=O) groups is 1. The number of nitrogens with one attached hydrogen (secondary N) is 1. The molecule has 0 fully saturated rings. The molecule has 0 aromatic heterocycles. The molecule has 0 aliphatic carbocycles. The van der Waals surface area contributed by atoms with Crippen molar-refractivity contribution in [2.24, 2.45) is 0 Å². The van der Waals surface area contributed by atoms with E-state index in [9.17, 15) is 13.2 Å². The predicted octanol–water partition coefficient (Wildman–Crippen LogP) is 3.66. The van der Waals surface area contributed by atoms with Crippen LogP contribution in [0.1, 0.15) is 10.4 Å². The van der Waals surface area contributed by atoms with Gasteiger partial charge in [-0.1, -0.05) is 29.3 Å². The number of benzene rings is 2. The van der Waals surface area contributed by atoms with Crippen LogP contribution in [-0.4, -0.2) is 27.7 Å². The van der Waals surface area contributed by atoms with Gasteiger partial charge in [-0.3, -0.25) is 4.79 Å². The minimum absolute atomic E-state index is 0.0714. The van der Waals surface area contributed by atoms with Crippen LogP contribution in [0.15, 0.2) is 41.3 Å². The molecule has 0 aliphatic heterocycles. The lowest BCUT2D eigenvalue weighted by Crippen LogP contribution is -2.14. The smallest absolute Gasteiger partial charge is 0.255 e. The molecule has 23 heavy (non-hydrogen) atoms. The third kappa shape index (κ3) is 3.96. The number of rotatable bonds is 4. The van der Waals surface area contributed by atoms with Crippen LogP contribution in [0, 0.1) is 0 Å². The van der Waals surface area contributed by atoms with Gasteiger partial charge in [0.05, 0.1) is 22.8 Å². The predicted molar refractivity (Wildman–Crippen MR) is 90.5 cm³/mol. The average molecular weight is 374 g/mol. The summed E-state index contributed by atoms with van der Waals surface area (Å²) < 4.78 is 28.6. The Bertz CT molecular complexity index is 846. The summed E-state index contributed by atoms with van der Waals surface area (Å²) in [7, 11) is -2.19. The summed E-state index contributed by atoms with van der Waals surface area (Å²) in [6.45, 7) is 0. The number of carbonyl (C=O) groups excluding carboxylic acids is 1. The van der Waals surface area contributed by atoms with Crippen LogP contribution in [0.4, 0.5) is 5.69 Å². The van der Waals surface area contributed by atoms with Crippen LogP contribution in [0.3, 0.4) is 0 Å². The molecule has 0 spiro atoms. The Balaban J connectivity index is 2.41. The van der Waals surface area contributed by atoms with E-state index < -0.39 is 15.7 Å². The molecule has 1 N–H and O–H groups in total. The van der Waals surface area contributed by atoms with Crippen LogP contribution in [0.2, 0.25) is 10.0 Å². The Morgan fingerprint density at radius 1 is 1.13 bits per heavy atom. The zero-order chi connectivity index (χ0) is 17.2. The fourth-order valence-electron chi connectivity index (χ4n) is 1.91. The molecule has 0 bridgehead atoms. The molecule has 122 valence electrons. The molecule has 0 saturated carbocycles. The summed E-state index contributed by atoms with van der Waals surface area (Å²) >= 11 is 12.0. The van der Waals surface area contributed by atoms with Gasteiger partial charge in [-0.05, 0) is 30.3 Å². The van der Waals surface area contributed by atoms with E-state index in [1.54, 1.807) is 18.2 Å². The third-order valence-corrected chi connectivity index (χ3v) is 4.77. The molecule has 1 amide bonds. The van der Waals surface area contributed by atoms with Crippen molar-refractivity contribution in [3.8, 4) is 5.75 Å². The van der Waals surface area contributed by atoms with Gasteiger partial charge in [-0.15, -0.1) is 0 Å². The van der Waals surface area contributed by atoms with Crippen LogP contribution in [0.5, 0.6) is 5.75 Å². The first-order valence-electron chi connectivity index (χ1n) is 6.37. The highest BCUT2D eigenvalue weighted by Crippen LogP contribution is 2.31. The number of amides is 1. The molecule has 8 heteroatoms. The lowest BCUT2D eigenvalue weighted by Gasteiger charge is -2.11. The Labute approximate surface area is 144 Å². The van der Waals surface area contributed by atoms with Crippen molar-refractivity contribution in [3.05, 3.63) is 52.0 Å². The number of sulfone groups is 1. The summed E-state index contributed by atoms with van der Waals surface area (Å²) in [4.78, 5) is 12.3. The van der Waals surface area contributed by atoms with Crippen LogP contribution in [-0.2, 0) is 9.84 Å². The first-order valence-corrected chi connectivity index (χ1v) is 9.02. The lowest BCUT2D eigenvalue weighted by molar-refractivity contribution is 0.102. The second-order valence-corrected chi connectivity index (χ2v) is 7.49. The molecule has 2 rings (SSSR count). The first-order chi connectivity index (χ1) is 10.7. The average Bonchev–Trinajstić information content (AvgIpc) is 2.49. The Hall–Kier alpha value is -1.76. The molecule has 0 radical (unpaired) electrons. The largest absolute Gasteiger partial charge is 0.495 e. The van der Waals surface area contributed by atoms with Gasteiger partial charge in [-0.25, -0.2) is 8.42 Å². The van der Waals surface area contributed by atoms with Gasteiger partial charge in [-0.2, -0.15) is 0 Å². The number of ether oxygens (including phenoxy) is 1. The van der Waals surface area contributed by atoms with E-state index in [4.69, 9.17) is 27.9 Å². The van der Waals surface area contributed by atoms with Crippen LogP contribution >= 0.6 is 23.2 Å². The fraction of sp³-hybridized carbons (Fsp3) is 0.133. The van der Waals surface area contributed by atoms with Gasteiger partial charge in [0.1, 0.15) is 10.6 Å². The van der Waals surface area contributed by atoms with Gasteiger partial charge >= 0.3 is 0 Å². The number of hydrogen-bond donors (Lipinski definition) is 1. The van der Waals surface area contributed by atoms with Gasteiger partial charge in [0.2, 0.25) is 0 Å². The maximum Gasteiger partial charge on any atom is 0.255 e. The summed E-state index contributed by atoms with van der Waals surface area (Å²) in [6, 6.07) is 8.93. The minimum Gasteiger partial charge on any atom is -0.495 e.